The highest BCUT2D eigenvalue weighted by Gasteiger charge is 2.14. The molecule has 0 spiro atoms. The smallest absolute Gasteiger partial charge is 0.316 e. The molecule has 1 heterocycles. The number of thioether (sulfide) groups is 1. The van der Waals surface area contributed by atoms with Gasteiger partial charge in [0.05, 0.1) is 18.1 Å². The van der Waals surface area contributed by atoms with Crippen molar-refractivity contribution in [2.75, 3.05) is 12.4 Å². The Morgan fingerprint density at radius 2 is 2.08 bits per heavy atom. The van der Waals surface area contributed by atoms with Crippen LogP contribution in [0.25, 0.3) is 11.3 Å². The maximum absolute atomic E-state index is 12.1. The number of benzene rings is 1. The lowest BCUT2D eigenvalue weighted by molar-refractivity contribution is -0.140. The van der Waals surface area contributed by atoms with Gasteiger partial charge in [-0.15, -0.1) is 0 Å². The van der Waals surface area contributed by atoms with Crippen LogP contribution in [0, 0.1) is 18.3 Å². The second-order valence-electron chi connectivity index (χ2n) is 5.08. The second kappa shape index (κ2) is 8.31. The number of nitrogens with zero attached hydrogens (tertiary/aromatic N) is 2. The summed E-state index contributed by atoms with van der Waals surface area (Å²) in [6.45, 7) is 4.22. The number of H-pyrrole nitrogens is 1. The number of ether oxygens (including phenoxy) is 1. The topological polar surface area (TPSA) is 95.8 Å². The highest BCUT2D eigenvalue weighted by Crippen LogP contribution is 2.22. The normalized spacial score (nSPS) is 10.2. The van der Waals surface area contributed by atoms with E-state index in [4.69, 9.17) is 4.74 Å². The summed E-state index contributed by atoms with van der Waals surface area (Å²) in [5, 5.41) is 9.51. The zero-order chi connectivity index (χ0) is 17.5. The minimum absolute atomic E-state index is 0.0438. The van der Waals surface area contributed by atoms with Crippen molar-refractivity contribution in [3.63, 3.8) is 0 Å². The number of aromatic amines is 1. The van der Waals surface area contributed by atoms with Gasteiger partial charge in [-0.1, -0.05) is 48.5 Å². The maximum Gasteiger partial charge on any atom is 0.316 e. The predicted octanol–water partition coefficient (Wildman–Crippen LogP) is 2.66. The van der Waals surface area contributed by atoms with Crippen LogP contribution in [0.4, 0.5) is 0 Å². The lowest BCUT2D eigenvalue weighted by atomic mass is 10.1. The maximum atomic E-state index is 12.1. The van der Waals surface area contributed by atoms with Crippen molar-refractivity contribution in [2.24, 2.45) is 0 Å². The van der Waals surface area contributed by atoms with Crippen LogP contribution in [0.2, 0.25) is 0 Å². The molecule has 2 rings (SSSR count). The highest BCUT2D eigenvalue weighted by atomic mass is 32.2. The standard InChI is InChI=1S/C17H17N3O3S/c1-3-8-23-14(21)10-24-17-19-15(13(9-18)16(22)20-17)12-6-4-11(2)5-7-12/h4-7H,3,8,10H2,1-2H3,(H,19,20,22). The van der Waals surface area contributed by atoms with Gasteiger partial charge in [0, 0.05) is 5.56 Å². The molecule has 1 aromatic heterocycles. The number of aryl methyl sites for hydroxylation is 1. The molecular formula is C17H17N3O3S. The fourth-order valence-electron chi connectivity index (χ4n) is 1.93. The lowest BCUT2D eigenvalue weighted by Gasteiger charge is -2.07. The third-order valence-electron chi connectivity index (χ3n) is 3.13. The van der Waals surface area contributed by atoms with E-state index in [1.54, 1.807) is 0 Å². The molecule has 0 radical (unpaired) electrons. The molecule has 0 unspecified atom stereocenters. The Hall–Kier alpha value is -2.59. The van der Waals surface area contributed by atoms with Crippen LogP contribution in [-0.2, 0) is 9.53 Å². The van der Waals surface area contributed by atoms with E-state index in [2.05, 4.69) is 9.97 Å². The fraction of sp³-hybridized carbons (Fsp3) is 0.294. The van der Waals surface area contributed by atoms with E-state index in [-0.39, 0.29) is 22.4 Å². The number of carbonyl (C=O) groups excluding carboxylic acids is 1. The number of hydrogen-bond acceptors (Lipinski definition) is 6. The monoisotopic (exact) mass is 343 g/mol. The molecule has 0 saturated carbocycles. The van der Waals surface area contributed by atoms with Gasteiger partial charge in [-0.3, -0.25) is 9.59 Å². The van der Waals surface area contributed by atoms with Crippen molar-refractivity contribution >= 4 is 17.7 Å². The first-order chi connectivity index (χ1) is 11.5. The van der Waals surface area contributed by atoms with E-state index in [0.29, 0.717) is 17.9 Å². The average molecular weight is 343 g/mol. The van der Waals surface area contributed by atoms with E-state index in [0.717, 1.165) is 23.7 Å². The van der Waals surface area contributed by atoms with Gasteiger partial charge in [0.25, 0.3) is 5.56 Å². The summed E-state index contributed by atoms with van der Waals surface area (Å²) in [6, 6.07) is 9.27. The molecule has 0 amide bonds. The zero-order valence-corrected chi connectivity index (χ0v) is 14.3. The Labute approximate surface area is 143 Å². The van der Waals surface area contributed by atoms with Crippen LogP contribution >= 0.6 is 11.8 Å². The Morgan fingerprint density at radius 1 is 1.38 bits per heavy atom. The number of rotatable bonds is 6. The van der Waals surface area contributed by atoms with Gasteiger partial charge >= 0.3 is 5.97 Å². The minimum Gasteiger partial charge on any atom is -0.465 e. The molecule has 124 valence electrons. The molecule has 0 aliphatic rings. The van der Waals surface area contributed by atoms with Gasteiger partial charge in [-0.2, -0.15) is 5.26 Å². The number of nitriles is 1. The van der Waals surface area contributed by atoms with Gasteiger partial charge in [0.1, 0.15) is 11.6 Å². The zero-order valence-electron chi connectivity index (χ0n) is 13.5. The first-order valence-electron chi connectivity index (χ1n) is 7.45. The fourth-order valence-corrected chi connectivity index (χ4v) is 2.59. The van der Waals surface area contributed by atoms with E-state index >= 15 is 0 Å². The van der Waals surface area contributed by atoms with Crippen LogP contribution in [0.5, 0.6) is 0 Å². The Morgan fingerprint density at radius 3 is 2.71 bits per heavy atom. The van der Waals surface area contributed by atoms with Crippen LogP contribution < -0.4 is 5.56 Å². The van der Waals surface area contributed by atoms with Gasteiger partial charge in [0.15, 0.2) is 5.16 Å². The van der Waals surface area contributed by atoms with Crippen LogP contribution in [-0.4, -0.2) is 28.3 Å². The molecule has 0 saturated heterocycles. The highest BCUT2D eigenvalue weighted by molar-refractivity contribution is 7.99. The van der Waals surface area contributed by atoms with E-state index in [9.17, 15) is 14.9 Å². The minimum atomic E-state index is -0.521. The Kier molecular flexibility index (Phi) is 6.15. The van der Waals surface area contributed by atoms with Crippen LogP contribution in [0.3, 0.4) is 0 Å². The summed E-state index contributed by atoms with van der Waals surface area (Å²) < 4.78 is 4.98. The average Bonchev–Trinajstić information content (AvgIpc) is 2.58. The van der Waals surface area contributed by atoms with E-state index in [1.807, 2.05) is 44.2 Å². The van der Waals surface area contributed by atoms with Gasteiger partial charge in [-0.25, -0.2) is 4.98 Å². The molecule has 0 aliphatic heterocycles. The third-order valence-corrected chi connectivity index (χ3v) is 3.98. The lowest BCUT2D eigenvalue weighted by Crippen LogP contribution is -2.16. The first kappa shape index (κ1) is 17.8. The summed E-state index contributed by atoms with van der Waals surface area (Å²) in [6.07, 6.45) is 0.750. The number of nitrogens with one attached hydrogen (secondary N) is 1. The Bertz CT molecular complexity index is 822. The van der Waals surface area contributed by atoms with Crippen molar-refractivity contribution < 1.29 is 9.53 Å². The predicted molar refractivity (Wildman–Crippen MR) is 91.7 cm³/mol. The van der Waals surface area contributed by atoms with Crippen molar-refractivity contribution in [1.82, 2.24) is 9.97 Å². The summed E-state index contributed by atoms with van der Waals surface area (Å²) in [5.74, 6) is -0.326. The number of esters is 1. The van der Waals surface area contributed by atoms with Crippen LogP contribution in [0.15, 0.2) is 34.2 Å². The van der Waals surface area contributed by atoms with Crippen molar-refractivity contribution in [2.45, 2.75) is 25.4 Å². The molecule has 0 fully saturated rings. The van der Waals surface area contributed by atoms with E-state index < -0.39 is 5.56 Å². The molecule has 0 aliphatic carbocycles. The third kappa shape index (κ3) is 4.46. The molecule has 24 heavy (non-hydrogen) atoms. The second-order valence-corrected chi connectivity index (χ2v) is 6.05. The molecule has 1 aromatic carbocycles. The summed E-state index contributed by atoms with van der Waals surface area (Å²) in [7, 11) is 0. The largest absolute Gasteiger partial charge is 0.465 e. The number of hydrogen-bond donors (Lipinski definition) is 1. The number of carbonyl (C=O) groups is 1. The molecule has 2 aromatic rings. The first-order valence-corrected chi connectivity index (χ1v) is 8.43. The van der Waals surface area contributed by atoms with Gasteiger partial charge < -0.3 is 9.72 Å². The molecule has 7 heteroatoms. The summed E-state index contributed by atoms with van der Waals surface area (Å²) in [5.41, 5.74) is 1.49. The molecule has 6 nitrogen and oxygen atoms in total. The van der Waals surface area contributed by atoms with Gasteiger partial charge in [0.2, 0.25) is 0 Å². The van der Waals surface area contributed by atoms with Gasteiger partial charge in [-0.05, 0) is 13.3 Å². The number of aromatic nitrogens is 2. The van der Waals surface area contributed by atoms with Crippen LogP contribution in [0.1, 0.15) is 24.5 Å². The molecular weight excluding hydrogens is 326 g/mol. The molecule has 0 atom stereocenters. The van der Waals surface area contributed by atoms with E-state index in [1.165, 1.54) is 0 Å². The summed E-state index contributed by atoms with van der Waals surface area (Å²) in [4.78, 5) is 30.5. The Balaban J connectivity index is 2.29. The molecule has 0 bridgehead atoms. The SMILES string of the molecule is CCCOC(=O)CSc1nc(-c2ccc(C)cc2)c(C#N)c(=O)[nH]1. The summed E-state index contributed by atoms with van der Waals surface area (Å²) >= 11 is 1.07. The quantitative estimate of drug-likeness (QED) is 0.492. The van der Waals surface area contributed by atoms with Crippen molar-refractivity contribution in [1.29, 1.82) is 5.26 Å². The van der Waals surface area contributed by atoms with Crippen molar-refractivity contribution in [3.8, 4) is 17.3 Å². The molecule has 1 N–H and O–H groups in total. The van der Waals surface area contributed by atoms with Crippen molar-refractivity contribution in [3.05, 3.63) is 45.7 Å².